The van der Waals surface area contributed by atoms with Crippen LogP contribution < -0.4 is 11.2 Å². The van der Waals surface area contributed by atoms with Crippen LogP contribution in [0.4, 0.5) is 0 Å². The van der Waals surface area contributed by atoms with E-state index in [0.717, 1.165) is 37.8 Å². The summed E-state index contributed by atoms with van der Waals surface area (Å²) in [5.74, 6) is 0.868. The molecule has 168 valence electrons. The number of carbonyl (C=O) groups excluding carboxylic acids is 1. The number of rotatable bonds is 9. The zero-order valence-electron chi connectivity index (χ0n) is 19.1. The third-order valence-corrected chi connectivity index (χ3v) is 6.96. The highest BCUT2D eigenvalue weighted by molar-refractivity contribution is 5.78. The molecule has 1 aliphatic rings. The molecule has 1 fully saturated rings. The molecule has 1 aromatic carbocycles. The van der Waals surface area contributed by atoms with E-state index in [1.165, 1.54) is 9.13 Å². The van der Waals surface area contributed by atoms with Crippen molar-refractivity contribution >= 4 is 5.97 Å². The molecule has 3 unspecified atom stereocenters. The average molecular weight is 427 g/mol. The van der Waals surface area contributed by atoms with Crippen LogP contribution in [0.5, 0.6) is 0 Å². The Morgan fingerprint density at radius 2 is 1.77 bits per heavy atom. The van der Waals surface area contributed by atoms with E-state index in [2.05, 4.69) is 13.8 Å². The minimum Gasteiger partial charge on any atom is -0.465 e. The zero-order valence-corrected chi connectivity index (χ0v) is 19.1. The number of hydrogen-bond donors (Lipinski definition) is 0. The lowest BCUT2D eigenvalue weighted by molar-refractivity contribution is -0.170. The van der Waals surface area contributed by atoms with Gasteiger partial charge in [-0.25, -0.2) is 4.79 Å². The maximum atomic E-state index is 12.8. The summed E-state index contributed by atoms with van der Waals surface area (Å²) >= 11 is 0. The summed E-state index contributed by atoms with van der Waals surface area (Å²) in [4.78, 5) is 37.6. The average Bonchev–Trinajstić information content (AvgIpc) is 2.77. The molecule has 0 aliphatic heterocycles. The molecular weight excluding hydrogens is 392 g/mol. The summed E-state index contributed by atoms with van der Waals surface area (Å²) in [6.07, 6.45) is 5.79. The summed E-state index contributed by atoms with van der Waals surface area (Å²) in [6, 6.07) is 9.32. The number of unbranched alkanes of at least 4 members (excludes halogenated alkanes) is 3. The van der Waals surface area contributed by atoms with Crippen molar-refractivity contribution in [3.63, 3.8) is 0 Å². The molecule has 0 amide bonds. The monoisotopic (exact) mass is 426 g/mol. The number of ether oxygens (including phenoxy) is 1. The SMILES string of the molecule is Cc1cn(-c2ccccc2)c(=O)n(CCCCCCOC(=O)C2(C)CC(C)C2C)c1=O. The van der Waals surface area contributed by atoms with Gasteiger partial charge in [0.05, 0.1) is 17.7 Å². The van der Waals surface area contributed by atoms with Crippen molar-refractivity contribution in [1.82, 2.24) is 9.13 Å². The normalized spacial score (nSPS) is 22.7. The Kier molecular flexibility index (Phi) is 7.19. The van der Waals surface area contributed by atoms with E-state index in [-0.39, 0.29) is 22.6 Å². The quantitative estimate of drug-likeness (QED) is 0.447. The summed E-state index contributed by atoms with van der Waals surface area (Å²) in [5.41, 5.74) is 0.416. The number of hydrogen-bond acceptors (Lipinski definition) is 4. The van der Waals surface area contributed by atoms with Crippen LogP contribution in [0.1, 0.15) is 58.4 Å². The van der Waals surface area contributed by atoms with Gasteiger partial charge in [-0.1, -0.05) is 38.5 Å². The summed E-state index contributed by atoms with van der Waals surface area (Å²) in [5, 5.41) is 0. The minimum atomic E-state index is -0.329. The largest absolute Gasteiger partial charge is 0.465 e. The van der Waals surface area contributed by atoms with E-state index < -0.39 is 0 Å². The van der Waals surface area contributed by atoms with E-state index >= 15 is 0 Å². The second-order valence-electron chi connectivity index (χ2n) is 9.19. The number of para-hydroxylation sites is 1. The third-order valence-electron chi connectivity index (χ3n) is 6.96. The van der Waals surface area contributed by atoms with Gasteiger partial charge in [0.25, 0.3) is 5.56 Å². The van der Waals surface area contributed by atoms with Crippen LogP contribution in [-0.4, -0.2) is 21.7 Å². The Labute approximate surface area is 183 Å². The first-order valence-corrected chi connectivity index (χ1v) is 11.3. The highest BCUT2D eigenvalue weighted by atomic mass is 16.5. The van der Waals surface area contributed by atoms with Crippen molar-refractivity contribution in [1.29, 1.82) is 0 Å². The van der Waals surface area contributed by atoms with Crippen molar-refractivity contribution in [3.05, 3.63) is 62.9 Å². The van der Waals surface area contributed by atoms with Gasteiger partial charge in [-0.15, -0.1) is 0 Å². The predicted octanol–water partition coefficient (Wildman–Crippen LogP) is 4.09. The van der Waals surface area contributed by atoms with Gasteiger partial charge in [-0.2, -0.15) is 0 Å². The lowest BCUT2D eigenvalue weighted by Crippen LogP contribution is -2.49. The van der Waals surface area contributed by atoms with Crippen LogP contribution >= 0.6 is 0 Å². The van der Waals surface area contributed by atoms with Crippen LogP contribution in [-0.2, 0) is 16.1 Å². The van der Waals surface area contributed by atoms with Crippen LogP contribution in [0.2, 0.25) is 0 Å². The molecule has 2 aromatic rings. The Balaban J connectivity index is 1.47. The molecule has 0 bridgehead atoms. The van der Waals surface area contributed by atoms with Gasteiger partial charge < -0.3 is 4.74 Å². The molecule has 1 aromatic heterocycles. The molecule has 31 heavy (non-hydrogen) atoms. The van der Waals surface area contributed by atoms with E-state index in [1.54, 1.807) is 13.1 Å². The maximum absolute atomic E-state index is 12.8. The second-order valence-corrected chi connectivity index (χ2v) is 9.19. The van der Waals surface area contributed by atoms with E-state index in [9.17, 15) is 14.4 Å². The Morgan fingerprint density at radius 3 is 2.42 bits per heavy atom. The lowest BCUT2D eigenvalue weighted by atomic mass is 9.56. The second kappa shape index (κ2) is 9.67. The Morgan fingerprint density at radius 1 is 1.10 bits per heavy atom. The van der Waals surface area contributed by atoms with Crippen molar-refractivity contribution in [2.24, 2.45) is 17.3 Å². The fraction of sp³-hybridized carbons (Fsp3) is 0.560. The molecule has 1 heterocycles. The smallest absolute Gasteiger partial charge is 0.335 e. The molecule has 1 saturated carbocycles. The number of benzene rings is 1. The lowest BCUT2D eigenvalue weighted by Gasteiger charge is -2.48. The van der Waals surface area contributed by atoms with E-state index in [1.807, 2.05) is 37.3 Å². The van der Waals surface area contributed by atoms with Gasteiger partial charge in [0.2, 0.25) is 0 Å². The molecule has 6 nitrogen and oxygen atoms in total. The van der Waals surface area contributed by atoms with Gasteiger partial charge in [-0.05, 0) is 63.5 Å². The van der Waals surface area contributed by atoms with Gasteiger partial charge in [0.1, 0.15) is 0 Å². The fourth-order valence-corrected chi connectivity index (χ4v) is 4.53. The maximum Gasteiger partial charge on any atom is 0.335 e. The van der Waals surface area contributed by atoms with Crippen LogP contribution in [0.3, 0.4) is 0 Å². The molecule has 0 N–H and O–H groups in total. The van der Waals surface area contributed by atoms with Crippen molar-refractivity contribution in [2.75, 3.05) is 6.61 Å². The van der Waals surface area contributed by atoms with E-state index in [4.69, 9.17) is 4.74 Å². The highest BCUT2D eigenvalue weighted by Crippen LogP contribution is 2.51. The molecule has 6 heteroatoms. The number of esters is 1. The van der Waals surface area contributed by atoms with Gasteiger partial charge in [-0.3, -0.25) is 18.7 Å². The summed E-state index contributed by atoms with van der Waals surface area (Å²) < 4.78 is 8.35. The molecule has 3 atom stereocenters. The number of aryl methyl sites for hydroxylation is 1. The molecule has 3 rings (SSSR count). The summed E-state index contributed by atoms with van der Waals surface area (Å²) in [7, 11) is 0. The van der Waals surface area contributed by atoms with Crippen LogP contribution in [0.15, 0.2) is 46.1 Å². The standard InChI is InChI=1S/C25H34N2O4/c1-18-16-25(4,20(18)3)23(29)31-15-11-6-5-10-14-26-22(28)19(2)17-27(24(26)30)21-12-8-7-9-13-21/h7-9,12-13,17-18,20H,5-6,10-11,14-16H2,1-4H3. The molecule has 0 spiro atoms. The Hall–Kier alpha value is -2.63. The topological polar surface area (TPSA) is 70.3 Å². The molecule has 0 saturated heterocycles. The summed E-state index contributed by atoms with van der Waals surface area (Å²) in [6.45, 7) is 8.85. The molecule has 0 radical (unpaired) electrons. The predicted molar refractivity (Wildman–Crippen MR) is 122 cm³/mol. The molecular formula is C25H34N2O4. The first-order valence-electron chi connectivity index (χ1n) is 11.3. The Bertz CT molecular complexity index is 1020. The minimum absolute atomic E-state index is 0.0779. The van der Waals surface area contributed by atoms with Crippen molar-refractivity contribution in [3.8, 4) is 5.69 Å². The number of carbonyl (C=O) groups is 1. The van der Waals surface area contributed by atoms with Gasteiger partial charge >= 0.3 is 11.7 Å². The van der Waals surface area contributed by atoms with Gasteiger partial charge in [0, 0.05) is 18.3 Å². The van der Waals surface area contributed by atoms with Gasteiger partial charge in [0.15, 0.2) is 0 Å². The highest BCUT2D eigenvalue weighted by Gasteiger charge is 2.51. The first-order chi connectivity index (χ1) is 14.8. The van der Waals surface area contributed by atoms with Crippen LogP contribution in [0, 0.1) is 24.2 Å². The number of nitrogens with zero attached hydrogens (tertiary/aromatic N) is 2. The third kappa shape index (κ3) is 4.83. The number of aromatic nitrogens is 2. The van der Waals surface area contributed by atoms with Crippen LogP contribution in [0.25, 0.3) is 5.69 Å². The first kappa shape index (κ1) is 23.0. The van der Waals surface area contributed by atoms with Crippen molar-refractivity contribution < 1.29 is 9.53 Å². The fourth-order valence-electron chi connectivity index (χ4n) is 4.53. The zero-order chi connectivity index (χ0) is 22.6. The van der Waals surface area contributed by atoms with Crippen molar-refractivity contribution in [2.45, 2.75) is 66.3 Å². The molecule has 1 aliphatic carbocycles. The van der Waals surface area contributed by atoms with E-state index in [0.29, 0.717) is 30.6 Å².